The zero-order chi connectivity index (χ0) is 27.7. The van der Waals surface area contributed by atoms with Gasteiger partial charge in [0.1, 0.15) is 24.2 Å². The Kier molecular flexibility index (Phi) is 9.95. The minimum atomic E-state index is -3.97. The van der Waals surface area contributed by atoms with Gasteiger partial charge in [-0.3, -0.25) is 13.9 Å². The van der Waals surface area contributed by atoms with Crippen molar-refractivity contribution in [2.45, 2.75) is 32.4 Å². The van der Waals surface area contributed by atoms with E-state index in [1.54, 1.807) is 18.2 Å². The van der Waals surface area contributed by atoms with Gasteiger partial charge in [0, 0.05) is 25.1 Å². The van der Waals surface area contributed by atoms with Gasteiger partial charge in [-0.25, -0.2) is 17.2 Å². The second kappa shape index (κ2) is 13.1. The van der Waals surface area contributed by atoms with Crippen molar-refractivity contribution in [2.24, 2.45) is 0 Å². The maximum atomic E-state index is 14.7. The lowest BCUT2D eigenvalue weighted by atomic mass is 10.0. The molecule has 2 amide bonds. The highest BCUT2D eigenvalue weighted by atomic mass is 32.2. The molecule has 0 fully saturated rings. The van der Waals surface area contributed by atoms with E-state index in [1.807, 2.05) is 25.1 Å². The summed E-state index contributed by atoms with van der Waals surface area (Å²) >= 11 is 0. The number of amides is 2. The summed E-state index contributed by atoms with van der Waals surface area (Å²) in [5, 5.41) is 2.81. The number of anilines is 1. The molecule has 0 aliphatic rings. The third-order valence-corrected chi connectivity index (χ3v) is 7.05. The molecule has 3 rings (SSSR count). The fourth-order valence-electron chi connectivity index (χ4n) is 3.95. The molecule has 0 heterocycles. The van der Waals surface area contributed by atoms with Gasteiger partial charge in [0.05, 0.1) is 11.9 Å². The third-order valence-electron chi connectivity index (χ3n) is 5.91. The van der Waals surface area contributed by atoms with Crippen molar-refractivity contribution < 1.29 is 26.8 Å². The van der Waals surface area contributed by atoms with E-state index >= 15 is 0 Å². The first kappa shape index (κ1) is 28.8. The molecule has 0 unspecified atom stereocenters. The van der Waals surface area contributed by atoms with Crippen LogP contribution in [0.2, 0.25) is 0 Å². The summed E-state index contributed by atoms with van der Waals surface area (Å²) in [7, 11) is -3.97. The summed E-state index contributed by atoms with van der Waals surface area (Å²) in [6.07, 6.45) is 1.73. The molecule has 0 spiro atoms. The van der Waals surface area contributed by atoms with Crippen LogP contribution in [0.5, 0.6) is 0 Å². The van der Waals surface area contributed by atoms with Crippen LogP contribution >= 0.6 is 0 Å². The van der Waals surface area contributed by atoms with Crippen LogP contribution in [-0.4, -0.2) is 50.5 Å². The van der Waals surface area contributed by atoms with Crippen molar-refractivity contribution >= 4 is 27.5 Å². The largest absolute Gasteiger partial charge is 0.354 e. The van der Waals surface area contributed by atoms with E-state index in [-0.39, 0.29) is 24.2 Å². The van der Waals surface area contributed by atoms with Crippen LogP contribution in [0.15, 0.2) is 78.9 Å². The highest BCUT2D eigenvalue weighted by Gasteiger charge is 2.33. The van der Waals surface area contributed by atoms with Crippen LogP contribution in [0.1, 0.15) is 24.5 Å². The smallest absolute Gasteiger partial charge is 0.244 e. The van der Waals surface area contributed by atoms with Crippen molar-refractivity contribution in [3.63, 3.8) is 0 Å². The number of hydrogen-bond donors (Lipinski definition) is 1. The Labute approximate surface area is 222 Å². The lowest BCUT2D eigenvalue weighted by Gasteiger charge is -2.33. The molecule has 202 valence electrons. The number of nitrogens with zero attached hydrogens (tertiary/aromatic N) is 2. The van der Waals surface area contributed by atoms with E-state index < -0.39 is 46.1 Å². The Balaban J connectivity index is 2.04. The summed E-state index contributed by atoms with van der Waals surface area (Å²) in [6.45, 7) is 1.34. The molecule has 10 heteroatoms. The molecule has 0 radical (unpaired) electrons. The van der Waals surface area contributed by atoms with Crippen molar-refractivity contribution in [1.29, 1.82) is 0 Å². The molecule has 3 aromatic rings. The number of sulfonamides is 1. The van der Waals surface area contributed by atoms with Gasteiger partial charge in [-0.1, -0.05) is 55.5 Å². The Morgan fingerprint density at radius 1 is 0.921 bits per heavy atom. The number of hydrogen-bond acceptors (Lipinski definition) is 4. The molecule has 1 N–H and O–H groups in total. The number of nitrogens with one attached hydrogen (secondary N) is 1. The van der Waals surface area contributed by atoms with Gasteiger partial charge in [0.25, 0.3) is 0 Å². The molecule has 0 bridgehead atoms. The first-order valence-electron chi connectivity index (χ1n) is 12.2. The lowest BCUT2D eigenvalue weighted by molar-refractivity contribution is -0.140. The Hall–Kier alpha value is -3.79. The van der Waals surface area contributed by atoms with Gasteiger partial charge in [-0.15, -0.1) is 0 Å². The Bertz CT molecular complexity index is 1340. The number of carbonyl (C=O) groups is 2. The third kappa shape index (κ3) is 7.85. The van der Waals surface area contributed by atoms with Gasteiger partial charge in [0.15, 0.2) is 0 Å². The first-order chi connectivity index (χ1) is 18.1. The molecule has 0 saturated heterocycles. The molecule has 1 atom stereocenters. The maximum Gasteiger partial charge on any atom is 0.244 e. The monoisotopic (exact) mass is 543 g/mol. The summed E-state index contributed by atoms with van der Waals surface area (Å²) < 4.78 is 54.3. The minimum Gasteiger partial charge on any atom is -0.354 e. The fraction of sp³-hybridized carbons (Fsp3) is 0.286. The van der Waals surface area contributed by atoms with Crippen LogP contribution in [0, 0.1) is 11.6 Å². The maximum absolute atomic E-state index is 14.7. The summed E-state index contributed by atoms with van der Waals surface area (Å²) in [5.74, 6) is -2.27. The fourth-order valence-corrected chi connectivity index (χ4v) is 4.80. The molecule has 38 heavy (non-hydrogen) atoms. The van der Waals surface area contributed by atoms with E-state index in [0.29, 0.717) is 13.0 Å². The topological polar surface area (TPSA) is 86.8 Å². The van der Waals surface area contributed by atoms with Gasteiger partial charge in [0.2, 0.25) is 21.8 Å². The van der Waals surface area contributed by atoms with E-state index in [4.69, 9.17) is 0 Å². The SMILES string of the molecule is CCCNC(=O)[C@H](Cc1ccccc1)N(Cc1ccccc1F)C(=O)CN(c1ccc(F)cc1)S(C)(=O)=O. The zero-order valence-electron chi connectivity index (χ0n) is 21.3. The van der Waals surface area contributed by atoms with Gasteiger partial charge >= 0.3 is 0 Å². The number of benzene rings is 3. The van der Waals surface area contributed by atoms with Gasteiger partial charge in [-0.05, 0) is 42.3 Å². The highest BCUT2D eigenvalue weighted by Crippen LogP contribution is 2.21. The molecular weight excluding hydrogens is 512 g/mol. The first-order valence-corrected chi connectivity index (χ1v) is 14.0. The summed E-state index contributed by atoms with van der Waals surface area (Å²) in [4.78, 5) is 28.4. The van der Waals surface area contributed by atoms with Crippen LogP contribution in [-0.2, 0) is 32.6 Å². The van der Waals surface area contributed by atoms with Crippen LogP contribution in [0.4, 0.5) is 14.5 Å². The second-order valence-electron chi connectivity index (χ2n) is 8.86. The average molecular weight is 544 g/mol. The second-order valence-corrected chi connectivity index (χ2v) is 10.8. The summed E-state index contributed by atoms with van der Waals surface area (Å²) in [6, 6.07) is 18.6. The quantitative estimate of drug-likeness (QED) is 0.376. The van der Waals surface area contributed by atoms with E-state index in [0.717, 1.165) is 28.3 Å². The van der Waals surface area contributed by atoms with E-state index in [1.165, 1.54) is 35.2 Å². The number of halogens is 2. The molecule has 0 aromatic heterocycles. The number of carbonyl (C=O) groups excluding carboxylic acids is 2. The van der Waals surface area contributed by atoms with Crippen LogP contribution in [0.25, 0.3) is 0 Å². The molecule has 7 nitrogen and oxygen atoms in total. The average Bonchev–Trinajstić information content (AvgIpc) is 2.89. The van der Waals surface area contributed by atoms with Crippen LogP contribution < -0.4 is 9.62 Å². The van der Waals surface area contributed by atoms with Crippen molar-refractivity contribution in [1.82, 2.24) is 10.2 Å². The standard InChI is InChI=1S/C28H31F2N3O4S/c1-3-17-31-28(35)26(18-21-9-5-4-6-10-21)32(19-22-11-7-8-12-25(22)30)27(34)20-33(38(2,36)37)24-15-13-23(29)14-16-24/h4-16,26H,3,17-20H2,1-2H3,(H,31,35)/t26-/m0/s1. The predicted molar refractivity (Wildman–Crippen MR) is 143 cm³/mol. The van der Waals surface area contributed by atoms with Gasteiger partial charge in [-0.2, -0.15) is 0 Å². The highest BCUT2D eigenvalue weighted by molar-refractivity contribution is 7.92. The zero-order valence-corrected chi connectivity index (χ0v) is 22.1. The Morgan fingerprint density at radius 3 is 2.16 bits per heavy atom. The van der Waals surface area contributed by atoms with Crippen molar-refractivity contribution in [3.8, 4) is 0 Å². The van der Waals surface area contributed by atoms with E-state index in [9.17, 15) is 26.8 Å². The predicted octanol–water partition coefficient (Wildman–Crippen LogP) is 3.90. The van der Waals surface area contributed by atoms with Gasteiger partial charge < -0.3 is 10.2 Å². The molecule has 0 aliphatic carbocycles. The van der Waals surface area contributed by atoms with Crippen molar-refractivity contribution in [2.75, 3.05) is 23.7 Å². The molecular formula is C28H31F2N3O4S. The normalized spacial score (nSPS) is 12.0. The minimum absolute atomic E-state index is 0.0862. The molecule has 0 aliphatic heterocycles. The van der Waals surface area contributed by atoms with E-state index in [2.05, 4.69) is 5.32 Å². The van der Waals surface area contributed by atoms with Crippen molar-refractivity contribution in [3.05, 3.63) is 102 Å². The number of rotatable bonds is 12. The Morgan fingerprint density at radius 2 is 1.55 bits per heavy atom. The summed E-state index contributed by atoms with van der Waals surface area (Å²) in [5.41, 5.74) is 1.03. The van der Waals surface area contributed by atoms with Crippen LogP contribution in [0.3, 0.4) is 0 Å². The lowest BCUT2D eigenvalue weighted by Crippen LogP contribution is -2.53. The molecule has 0 saturated carbocycles. The molecule has 3 aromatic carbocycles.